The summed E-state index contributed by atoms with van der Waals surface area (Å²) in [5, 5.41) is 10.9. The van der Waals surface area contributed by atoms with E-state index in [-0.39, 0.29) is 11.9 Å². The molecule has 1 aromatic carbocycles. The minimum Gasteiger partial charge on any atom is -0.362 e. The number of anilines is 2. The summed E-state index contributed by atoms with van der Waals surface area (Å²) in [7, 11) is 0. The van der Waals surface area contributed by atoms with Crippen LogP contribution in [-0.4, -0.2) is 30.6 Å². The first-order valence-corrected chi connectivity index (χ1v) is 11.8. The van der Waals surface area contributed by atoms with Crippen LogP contribution < -0.4 is 10.6 Å². The molecule has 4 aromatic rings. The van der Waals surface area contributed by atoms with Crippen molar-refractivity contribution in [1.82, 2.24) is 24.7 Å². The minimum absolute atomic E-state index is 0.0315. The molecule has 3 aromatic heterocycles. The topological polar surface area (TPSA) is 97.6 Å². The molecule has 3 heterocycles. The SMILES string of the molecule is CCn1cc2ncc(N[C@@H](C)c3cc(NC(=O)Cc4ccc(C5CC5)nc4)ccc3C)nc2n1. The van der Waals surface area contributed by atoms with Gasteiger partial charge in [-0.1, -0.05) is 12.1 Å². The molecule has 1 aliphatic rings. The third-order valence-electron chi connectivity index (χ3n) is 6.20. The highest BCUT2D eigenvalue weighted by molar-refractivity contribution is 5.92. The van der Waals surface area contributed by atoms with Crippen LogP contribution in [0.15, 0.2) is 48.9 Å². The number of rotatable bonds is 8. The number of hydrogen-bond donors (Lipinski definition) is 2. The average Bonchev–Trinajstić information content (AvgIpc) is 3.59. The third-order valence-corrected chi connectivity index (χ3v) is 6.20. The predicted octanol–water partition coefficient (Wildman–Crippen LogP) is 4.78. The molecule has 5 rings (SSSR count). The Morgan fingerprint density at radius 3 is 2.76 bits per heavy atom. The van der Waals surface area contributed by atoms with Crippen LogP contribution in [0, 0.1) is 6.92 Å². The number of nitrogens with one attached hydrogen (secondary N) is 2. The maximum Gasteiger partial charge on any atom is 0.228 e. The highest BCUT2D eigenvalue weighted by Crippen LogP contribution is 2.38. The van der Waals surface area contributed by atoms with Crippen LogP contribution in [0.4, 0.5) is 11.5 Å². The zero-order chi connectivity index (χ0) is 23.7. The summed E-state index contributed by atoms with van der Waals surface area (Å²) >= 11 is 0. The highest BCUT2D eigenvalue weighted by Gasteiger charge is 2.24. The van der Waals surface area contributed by atoms with E-state index in [4.69, 9.17) is 0 Å². The fourth-order valence-corrected chi connectivity index (χ4v) is 4.11. The van der Waals surface area contributed by atoms with Crippen molar-refractivity contribution in [3.05, 3.63) is 71.3 Å². The van der Waals surface area contributed by atoms with E-state index in [9.17, 15) is 4.79 Å². The summed E-state index contributed by atoms with van der Waals surface area (Å²) in [4.78, 5) is 26.2. The zero-order valence-electron chi connectivity index (χ0n) is 19.7. The molecular weight excluding hydrogens is 426 g/mol. The lowest BCUT2D eigenvalue weighted by Gasteiger charge is -2.18. The van der Waals surface area contributed by atoms with E-state index in [1.54, 1.807) is 6.20 Å². The van der Waals surface area contributed by atoms with Gasteiger partial charge in [0, 0.05) is 30.0 Å². The summed E-state index contributed by atoms with van der Waals surface area (Å²) in [6, 6.07) is 9.99. The Hall–Kier alpha value is -3.81. The number of aromatic nitrogens is 5. The van der Waals surface area contributed by atoms with Gasteiger partial charge in [0.25, 0.3) is 0 Å². The Kier molecular flexibility index (Phi) is 5.96. The van der Waals surface area contributed by atoms with Crippen molar-refractivity contribution in [2.75, 3.05) is 10.6 Å². The molecule has 1 amide bonds. The van der Waals surface area contributed by atoms with Gasteiger partial charge < -0.3 is 10.6 Å². The fourth-order valence-electron chi connectivity index (χ4n) is 4.11. The number of aryl methyl sites for hydroxylation is 2. The number of carbonyl (C=O) groups is 1. The van der Waals surface area contributed by atoms with Gasteiger partial charge in [-0.3, -0.25) is 14.5 Å². The maximum absolute atomic E-state index is 12.6. The molecule has 0 saturated heterocycles. The smallest absolute Gasteiger partial charge is 0.228 e. The van der Waals surface area contributed by atoms with Gasteiger partial charge in [0.05, 0.1) is 24.9 Å². The first-order valence-electron chi connectivity index (χ1n) is 11.8. The van der Waals surface area contributed by atoms with Gasteiger partial charge in [0.1, 0.15) is 11.3 Å². The Balaban J connectivity index is 1.25. The fraction of sp³-hybridized carbons (Fsp3) is 0.346. The predicted molar refractivity (Wildman–Crippen MR) is 133 cm³/mol. The van der Waals surface area contributed by atoms with Crippen molar-refractivity contribution in [2.24, 2.45) is 0 Å². The van der Waals surface area contributed by atoms with Crippen LogP contribution in [0.3, 0.4) is 0 Å². The van der Waals surface area contributed by atoms with E-state index in [0.717, 1.165) is 40.1 Å². The molecule has 8 heteroatoms. The molecule has 1 saturated carbocycles. The lowest BCUT2D eigenvalue weighted by molar-refractivity contribution is -0.115. The summed E-state index contributed by atoms with van der Waals surface area (Å²) in [6.07, 6.45) is 8.18. The Morgan fingerprint density at radius 2 is 2.03 bits per heavy atom. The molecule has 0 radical (unpaired) electrons. The van der Waals surface area contributed by atoms with Crippen LogP contribution in [-0.2, 0) is 17.8 Å². The van der Waals surface area contributed by atoms with E-state index in [0.29, 0.717) is 23.8 Å². The number of pyridine rings is 1. The summed E-state index contributed by atoms with van der Waals surface area (Å²) in [6.45, 7) is 6.93. The van der Waals surface area contributed by atoms with E-state index in [1.807, 2.05) is 54.3 Å². The Labute approximate surface area is 198 Å². The maximum atomic E-state index is 12.6. The second-order valence-corrected chi connectivity index (χ2v) is 8.98. The van der Waals surface area contributed by atoms with Crippen LogP contribution in [0.1, 0.15) is 61.0 Å². The molecule has 34 heavy (non-hydrogen) atoms. The van der Waals surface area contributed by atoms with Gasteiger partial charge in [-0.05, 0) is 68.5 Å². The first-order chi connectivity index (χ1) is 16.5. The van der Waals surface area contributed by atoms with Gasteiger partial charge in [-0.15, -0.1) is 0 Å². The quantitative estimate of drug-likeness (QED) is 0.397. The molecule has 1 fully saturated rings. The van der Waals surface area contributed by atoms with Crippen LogP contribution in [0.5, 0.6) is 0 Å². The van der Waals surface area contributed by atoms with E-state index >= 15 is 0 Å². The second-order valence-electron chi connectivity index (χ2n) is 8.98. The largest absolute Gasteiger partial charge is 0.362 e. The number of benzene rings is 1. The molecule has 1 aliphatic carbocycles. The van der Waals surface area contributed by atoms with Crippen molar-refractivity contribution in [2.45, 2.75) is 58.5 Å². The molecule has 0 bridgehead atoms. The molecule has 174 valence electrons. The lowest BCUT2D eigenvalue weighted by atomic mass is 10.0. The molecule has 0 aliphatic heterocycles. The Morgan fingerprint density at radius 1 is 1.18 bits per heavy atom. The Bertz CT molecular complexity index is 1320. The second kappa shape index (κ2) is 9.21. The monoisotopic (exact) mass is 455 g/mol. The summed E-state index contributed by atoms with van der Waals surface area (Å²) in [5.74, 6) is 1.22. The molecule has 1 atom stereocenters. The normalized spacial score (nSPS) is 14.2. The molecule has 0 unspecified atom stereocenters. The number of nitrogens with zero attached hydrogens (tertiary/aromatic N) is 5. The van der Waals surface area contributed by atoms with Gasteiger partial charge in [-0.25, -0.2) is 9.97 Å². The minimum atomic E-state index is -0.0563. The number of fused-ring (bicyclic) bond motifs is 1. The van der Waals surface area contributed by atoms with Crippen LogP contribution in [0.2, 0.25) is 0 Å². The first kappa shape index (κ1) is 22.0. The van der Waals surface area contributed by atoms with Crippen molar-refractivity contribution >= 4 is 28.6 Å². The lowest BCUT2D eigenvalue weighted by Crippen LogP contribution is -2.16. The van der Waals surface area contributed by atoms with Crippen molar-refractivity contribution < 1.29 is 4.79 Å². The average molecular weight is 456 g/mol. The van der Waals surface area contributed by atoms with Gasteiger partial charge in [-0.2, -0.15) is 5.10 Å². The number of hydrogen-bond acceptors (Lipinski definition) is 6. The van der Waals surface area contributed by atoms with E-state index < -0.39 is 0 Å². The van der Waals surface area contributed by atoms with Gasteiger partial charge in [0.2, 0.25) is 11.6 Å². The number of carbonyl (C=O) groups excluding carboxylic acids is 1. The molecule has 2 N–H and O–H groups in total. The van der Waals surface area contributed by atoms with Crippen LogP contribution >= 0.6 is 0 Å². The summed E-state index contributed by atoms with van der Waals surface area (Å²) < 4.78 is 1.83. The van der Waals surface area contributed by atoms with E-state index in [2.05, 4.69) is 44.5 Å². The van der Waals surface area contributed by atoms with Crippen molar-refractivity contribution in [3.63, 3.8) is 0 Å². The van der Waals surface area contributed by atoms with Crippen LogP contribution in [0.25, 0.3) is 11.2 Å². The third kappa shape index (κ3) is 4.90. The summed E-state index contributed by atoms with van der Waals surface area (Å²) in [5.41, 5.74) is 6.43. The van der Waals surface area contributed by atoms with Crippen molar-refractivity contribution in [1.29, 1.82) is 0 Å². The van der Waals surface area contributed by atoms with Gasteiger partial charge in [0.15, 0.2) is 0 Å². The molecular formula is C26H29N7O. The standard InChI is InChI=1S/C26H29N7O/c1-4-33-15-23-26(32-33)31-24(14-28-23)29-17(3)21-12-20(9-5-16(21)2)30-25(34)11-18-6-10-22(27-13-18)19-7-8-19/h5-6,9-10,12-15,17,19H,4,7-8,11H2,1-3H3,(H,30,34)(H,29,31,32)/t17-/m0/s1. The van der Waals surface area contributed by atoms with Crippen molar-refractivity contribution in [3.8, 4) is 0 Å². The van der Waals surface area contributed by atoms with Gasteiger partial charge >= 0.3 is 0 Å². The highest BCUT2D eigenvalue weighted by atomic mass is 16.1. The number of amides is 1. The molecule has 0 spiro atoms. The van der Waals surface area contributed by atoms with E-state index in [1.165, 1.54) is 12.8 Å². The zero-order valence-corrected chi connectivity index (χ0v) is 19.7. The molecule has 8 nitrogen and oxygen atoms in total.